The van der Waals surface area contributed by atoms with E-state index in [0.717, 1.165) is 22.4 Å². The third-order valence-electron chi connectivity index (χ3n) is 4.92. The molecule has 2 aromatic carbocycles. The van der Waals surface area contributed by atoms with Crippen LogP contribution in [0.5, 0.6) is 5.75 Å². The number of hydrogen-bond acceptors (Lipinski definition) is 4. The minimum absolute atomic E-state index is 0.0381. The van der Waals surface area contributed by atoms with E-state index in [1.807, 2.05) is 20.8 Å². The van der Waals surface area contributed by atoms with Gasteiger partial charge in [-0.1, -0.05) is 17.7 Å². The molecule has 2 amide bonds. The van der Waals surface area contributed by atoms with Gasteiger partial charge in [0.1, 0.15) is 5.75 Å². The molecular formula is C21H25N3O3. The first-order valence-corrected chi connectivity index (χ1v) is 8.92. The van der Waals surface area contributed by atoms with E-state index in [0.29, 0.717) is 23.7 Å². The van der Waals surface area contributed by atoms with Crippen molar-refractivity contribution in [2.75, 3.05) is 29.6 Å². The predicted octanol–water partition coefficient (Wildman–Crippen LogP) is 3.19. The summed E-state index contributed by atoms with van der Waals surface area (Å²) in [5.74, 6) is -0.0743. The molecule has 142 valence electrons. The molecule has 1 saturated heterocycles. The number of methoxy groups -OCH3 is 1. The summed E-state index contributed by atoms with van der Waals surface area (Å²) in [5, 5.41) is 2.83. The quantitative estimate of drug-likeness (QED) is 0.813. The van der Waals surface area contributed by atoms with Crippen LogP contribution in [0.3, 0.4) is 0 Å². The van der Waals surface area contributed by atoms with Crippen LogP contribution in [0.25, 0.3) is 0 Å². The van der Waals surface area contributed by atoms with Crippen molar-refractivity contribution in [2.45, 2.75) is 27.2 Å². The molecule has 2 aromatic rings. The average molecular weight is 367 g/mol. The van der Waals surface area contributed by atoms with Gasteiger partial charge in [-0.2, -0.15) is 0 Å². The van der Waals surface area contributed by atoms with Crippen molar-refractivity contribution in [3.05, 3.63) is 47.0 Å². The van der Waals surface area contributed by atoms with Crippen LogP contribution in [0.2, 0.25) is 0 Å². The number of amides is 2. The molecule has 1 aliphatic heterocycles. The van der Waals surface area contributed by atoms with Crippen LogP contribution >= 0.6 is 0 Å². The summed E-state index contributed by atoms with van der Waals surface area (Å²) in [6, 6.07) is 9.20. The fourth-order valence-electron chi connectivity index (χ4n) is 3.70. The molecule has 6 heteroatoms. The Kier molecular flexibility index (Phi) is 5.08. The number of nitrogen functional groups attached to an aromatic ring is 1. The Bertz CT molecular complexity index is 885. The SMILES string of the molecule is COc1ccc(N)c(NC(=O)C2CC(=O)N(c3c(C)cc(C)cc3C)C2)c1. The molecule has 6 nitrogen and oxygen atoms in total. The molecular weight excluding hydrogens is 342 g/mol. The van der Waals surface area contributed by atoms with Crippen molar-refractivity contribution < 1.29 is 14.3 Å². The van der Waals surface area contributed by atoms with Gasteiger partial charge in [0.05, 0.1) is 24.4 Å². The van der Waals surface area contributed by atoms with E-state index in [1.165, 1.54) is 0 Å². The van der Waals surface area contributed by atoms with Crippen LogP contribution in [0, 0.1) is 26.7 Å². The number of aryl methyl sites for hydroxylation is 3. The molecule has 27 heavy (non-hydrogen) atoms. The molecule has 0 bridgehead atoms. The van der Waals surface area contributed by atoms with Crippen LogP contribution in [0.15, 0.2) is 30.3 Å². The Hall–Kier alpha value is -3.02. The second-order valence-electron chi connectivity index (χ2n) is 7.10. The summed E-state index contributed by atoms with van der Waals surface area (Å²) in [5.41, 5.74) is 11.0. The van der Waals surface area contributed by atoms with Crippen LogP contribution in [0.1, 0.15) is 23.1 Å². The number of benzene rings is 2. The van der Waals surface area contributed by atoms with E-state index >= 15 is 0 Å². The van der Waals surface area contributed by atoms with Crippen molar-refractivity contribution in [3.8, 4) is 5.75 Å². The lowest BCUT2D eigenvalue weighted by atomic mass is 10.0. The maximum absolute atomic E-state index is 12.7. The molecule has 3 N–H and O–H groups in total. The molecule has 0 aromatic heterocycles. The van der Waals surface area contributed by atoms with Gasteiger partial charge in [-0.05, 0) is 44.0 Å². The van der Waals surface area contributed by atoms with Gasteiger partial charge >= 0.3 is 0 Å². The van der Waals surface area contributed by atoms with E-state index in [4.69, 9.17) is 10.5 Å². The first-order valence-electron chi connectivity index (χ1n) is 8.92. The van der Waals surface area contributed by atoms with Crippen molar-refractivity contribution in [3.63, 3.8) is 0 Å². The number of carbonyl (C=O) groups is 2. The molecule has 1 heterocycles. The molecule has 0 saturated carbocycles. The van der Waals surface area contributed by atoms with Crippen molar-refractivity contribution in [1.29, 1.82) is 0 Å². The number of hydrogen-bond donors (Lipinski definition) is 2. The Morgan fingerprint density at radius 1 is 1.19 bits per heavy atom. The normalized spacial score (nSPS) is 16.5. The highest BCUT2D eigenvalue weighted by Crippen LogP contribution is 2.33. The average Bonchev–Trinajstić information content (AvgIpc) is 2.97. The van der Waals surface area contributed by atoms with Gasteiger partial charge in [0.2, 0.25) is 11.8 Å². The number of ether oxygens (including phenoxy) is 1. The lowest BCUT2D eigenvalue weighted by molar-refractivity contribution is -0.122. The summed E-state index contributed by atoms with van der Waals surface area (Å²) in [7, 11) is 1.55. The minimum atomic E-state index is -0.428. The van der Waals surface area contributed by atoms with Crippen LogP contribution < -0.4 is 20.7 Å². The van der Waals surface area contributed by atoms with Crippen LogP contribution in [-0.2, 0) is 9.59 Å². The zero-order valence-corrected chi connectivity index (χ0v) is 16.1. The van der Waals surface area contributed by atoms with Gasteiger partial charge in [0, 0.05) is 24.7 Å². The van der Waals surface area contributed by atoms with Gasteiger partial charge in [-0.3, -0.25) is 9.59 Å². The first-order chi connectivity index (χ1) is 12.8. The Morgan fingerprint density at radius 3 is 2.48 bits per heavy atom. The molecule has 0 spiro atoms. The molecule has 1 fully saturated rings. The molecule has 1 aliphatic rings. The fraction of sp³-hybridized carbons (Fsp3) is 0.333. The number of carbonyl (C=O) groups excluding carboxylic acids is 2. The van der Waals surface area contributed by atoms with Crippen molar-refractivity contribution in [2.24, 2.45) is 5.92 Å². The number of rotatable bonds is 4. The predicted molar refractivity (Wildman–Crippen MR) is 107 cm³/mol. The maximum atomic E-state index is 12.7. The highest BCUT2D eigenvalue weighted by Gasteiger charge is 2.36. The number of anilines is 3. The monoisotopic (exact) mass is 367 g/mol. The zero-order chi connectivity index (χ0) is 19.7. The number of nitrogens with one attached hydrogen (secondary N) is 1. The zero-order valence-electron chi connectivity index (χ0n) is 16.1. The van der Waals surface area contributed by atoms with Gasteiger partial charge in [0.25, 0.3) is 0 Å². The van der Waals surface area contributed by atoms with Gasteiger partial charge in [-0.25, -0.2) is 0 Å². The Balaban J connectivity index is 1.79. The maximum Gasteiger partial charge on any atom is 0.229 e. The summed E-state index contributed by atoms with van der Waals surface area (Å²) in [6.07, 6.45) is 0.183. The van der Waals surface area contributed by atoms with Crippen molar-refractivity contribution >= 4 is 28.9 Å². The first kappa shape index (κ1) is 18.8. The van der Waals surface area contributed by atoms with Gasteiger partial charge in [-0.15, -0.1) is 0 Å². The van der Waals surface area contributed by atoms with E-state index in [2.05, 4.69) is 17.4 Å². The summed E-state index contributed by atoms with van der Waals surface area (Å²) in [4.78, 5) is 27.1. The smallest absolute Gasteiger partial charge is 0.229 e. The van der Waals surface area contributed by atoms with E-state index in [-0.39, 0.29) is 18.2 Å². The Labute approximate surface area is 159 Å². The topological polar surface area (TPSA) is 84.7 Å². The highest BCUT2D eigenvalue weighted by molar-refractivity contribution is 6.05. The highest BCUT2D eigenvalue weighted by atomic mass is 16.5. The van der Waals surface area contributed by atoms with E-state index < -0.39 is 5.92 Å². The van der Waals surface area contributed by atoms with Gasteiger partial charge < -0.3 is 20.7 Å². The van der Waals surface area contributed by atoms with Crippen LogP contribution in [-0.4, -0.2) is 25.5 Å². The fourth-order valence-corrected chi connectivity index (χ4v) is 3.70. The molecule has 0 aliphatic carbocycles. The summed E-state index contributed by atoms with van der Waals surface area (Å²) in [6.45, 7) is 6.38. The third kappa shape index (κ3) is 3.74. The molecule has 1 atom stereocenters. The second-order valence-corrected chi connectivity index (χ2v) is 7.10. The summed E-state index contributed by atoms with van der Waals surface area (Å²) >= 11 is 0. The number of nitrogens with two attached hydrogens (primary N) is 1. The lowest BCUT2D eigenvalue weighted by Gasteiger charge is -2.22. The molecule has 1 unspecified atom stereocenters. The number of nitrogens with zero attached hydrogens (tertiary/aromatic N) is 1. The van der Waals surface area contributed by atoms with Crippen molar-refractivity contribution in [1.82, 2.24) is 0 Å². The van der Waals surface area contributed by atoms with E-state index in [1.54, 1.807) is 30.2 Å². The molecule has 0 radical (unpaired) electrons. The Morgan fingerprint density at radius 2 is 1.85 bits per heavy atom. The van der Waals surface area contributed by atoms with Gasteiger partial charge in [0.15, 0.2) is 0 Å². The lowest BCUT2D eigenvalue weighted by Crippen LogP contribution is -2.29. The standard InChI is InChI=1S/C21H25N3O3/c1-12-7-13(2)20(14(3)8-12)24-11-15(9-19(24)25)21(26)23-18-10-16(27-4)5-6-17(18)22/h5-8,10,15H,9,11,22H2,1-4H3,(H,23,26). The van der Waals surface area contributed by atoms with Crippen LogP contribution in [0.4, 0.5) is 17.1 Å². The minimum Gasteiger partial charge on any atom is -0.497 e. The van der Waals surface area contributed by atoms with E-state index in [9.17, 15) is 9.59 Å². The largest absolute Gasteiger partial charge is 0.497 e. The third-order valence-corrected chi connectivity index (χ3v) is 4.92. The molecule has 3 rings (SSSR count). The summed E-state index contributed by atoms with van der Waals surface area (Å²) < 4.78 is 5.18. The second kappa shape index (κ2) is 7.31.